The van der Waals surface area contributed by atoms with Crippen LogP contribution >= 0.6 is 11.6 Å². The van der Waals surface area contributed by atoms with Crippen LogP contribution in [0.3, 0.4) is 0 Å². The SMILES string of the molecule is O=S(=O)(NN=Cc1c2ccccc2c(Cl)c2ccccc12)c1ccccc1. The number of rotatable bonds is 4. The van der Waals surface area contributed by atoms with Gasteiger partial charge >= 0.3 is 0 Å². The summed E-state index contributed by atoms with van der Waals surface area (Å²) in [7, 11) is -3.72. The zero-order valence-electron chi connectivity index (χ0n) is 14.1. The number of benzene rings is 4. The van der Waals surface area contributed by atoms with Gasteiger partial charge in [-0.1, -0.05) is 78.3 Å². The molecule has 0 aliphatic heterocycles. The molecule has 0 heterocycles. The fraction of sp³-hybridized carbons (Fsp3) is 0. The van der Waals surface area contributed by atoms with Gasteiger partial charge in [-0.15, -0.1) is 0 Å². The van der Waals surface area contributed by atoms with E-state index in [1.54, 1.807) is 18.2 Å². The first-order valence-electron chi connectivity index (χ1n) is 8.27. The fourth-order valence-electron chi connectivity index (χ4n) is 3.06. The summed E-state index contributed by atoms with van der Waals surface area (Å²) in [6.45, 7) is 0. The van der Waals surface area contributed by atoms with Crippen LogP contribution in [0.2, 0.25) is 5.02 Å². The lowest BCUT2D eigenvalue weighted by Gasteiger charge is -2.10. The summed E-state index contributed by atoms with van der Waals surface area (Å²) in [4.78, 5) is 2.44. The highest BCUT2D eigenvalue weighted by atomic mass is 35.5. The van der Waals surface area contributed by atoms with E-state index in [-0.39, 0.29) is 4.90 Å². The lowest BCUT2D eigenvalue weighted by atomic mass is 9.97. The van der Waals surface area contributed by atoms with E-state index in [9.17, 15) is 8.42 Å². The van der Waals surface area contributed by atoms with E-state index in [0.717, 1.165) is 27.1 Å². The minimum absolute atomic E-state index is 0.160. The Kier molecular flexibility index (Phi) is 4.56. The summed E-state index contributed by atoms with van der Waals surface area (Å²) >= 11 is 6.58. The van der Waals surface area contributed by atoms with Crippen LogP contribution in [-0.4, -0.2) is 14.6 Å². The van der Waals surface area contributed by atoms with Crippen LogP contribution in [0.4, 0.5) is 0 Å². The van der Waals surface area contributed by atoms with Crippen LogP contribution in [0.5, 0.6) is 0 Å². The lowest BCUT2D eigenvalue weighted by Crippen LogP contribution is -2.18. The summed E-state index contributed by atoms with van der Waals surface area (Å²) in [5.41, 5.74) is 0.807. The zero-order chi connectivity index (χ0) is 18.9. The van der Waals surface area contributed by atoms with E-state index in [1.807, 2.05) is 48.5 Å². The van der Waals surface area contributed by atoms with Crippen LogP contribution in [0.15, 0.2) is 88.9 Å². The number of hydrogen-bond acceptors (Lipinski definition) is 3. The van der Waals surface area contributed by atoms with Crippen molar-refractivity contribution in [2.24, 2.45) is 5.10 Å². The number of nitrogens with one attached hydrogen (secondary N) is 1. The average Bonchev–Trinajstić information content (AvgIpc) is 2.71. The molecular formula is C21H15ClN2O2S. The second kappa shape index (κ2) is 7.02. The van der Waals surface area contributed by atoms with Crippen molar-refractivity contribution in [3.8, 4) is 0 Å². The van der Waals surface area contributed by atoms with Crippen molar-refractivity contribution in [3.63, 3.8) is 0 Å². The topological polar surface area (TPSA) is 58.5 Å². The second-order valence-electron chi connectivity index (χ2n) is 5.98. The standard InChI is InChI=1S/C21H15ClN2O2S/c22-21-18-12-6-4-10-16(18)20(17-11-5-7-13-19(17)21)14-23-24-27(25,26)15-8-2-1-3-9-15/h1-14,24H. The van der Waals surface area contributed by atoms with Crippen molar-refractivity contribution in [1.29, 1.82) is 0 Å². The van der Waals surface area contributed by atoms with Gasteiger partial charge in [0.1, 0.15) is 0 Å². The largest absolute Gasteiger partial charge is 0.276 e. The van der Waals surface area contributed by atoms with Crippen LogP contribution < -0.4 is 4.83 Å². The monoisotopic (exact) mass is 394 g/mol. The molecule has 0 aliphatic carbocycles. The average molecular weight is 395 g/mol. The molecule has 4 aromatic rings. The van der Waals surface area contributed by atoms with Gasteiger partial charge in [0.25, 0.3) is 10.0 Å². The van der Waals surface area contributed by atoms with Gasteiger partial charge in [0, 0.05) is 16.3 Å². The van der Waals surface area contributed by atoms with Crippen molar-refractivity contribution in [2.45, 2.75) is 4.90 Å². The summed E-state index contributed by atoms with van der Waals surface area (Å²) in [6, 6.07) is 23.6. The van der Waals surface area contributed by atoms with Crippen molar-refractivity contribution in [3.05, 3.63) is 89.4 Å². The van der Waals surface area contributed by atoms with E-state index in [1.165, 1.54) is 18.3 Å². The van der Waals surface area contributed by atoms with Crippen LogP contribution in [0, 0.1) is 0 Å². The molecule has 0 saturated heterocycles. The molecule has 0 atom stereocenters. The van der Waals surface area contributed by atoms with E-state index in [2.05, 4.69) is 9.93 Å². The quantitative estimate of drug-likeness (QED) is 0.302. The molecule has 0 fully saturated rings. The molecule has 4 rings (SSSR count). The molecule has 6 heteroatoms. The predicted octanol–water partition coefficient (Wildman–Crippen LogP) is 4.96. The number of fused-ring (bicyclic) bond motifs is 2. The van der Waals surface area contributed by atoms with E-state index in [4.69, 9.17) is 11.6 Å². The molecule has 0 aromatic heterocycles. The Morgan fingerprint density at radius 1 is 0.741 bits per heavy atom. The van der Waals surface area contributed by atoms with Crippen LogP contribution in [-0.2, 0) is 10.0 Å². The van der Waals surface area contributed by atoms with E-state index >= 15 is 0 Å². The minimum atomic E-state index is -3.72. The van der Waals surface area contributed by atoms with Gasteiger partial charge in [-0.2, -0.15) is 13.5 Å². The zero-order valence-corrected chi connectivity index (χ0v) is 15.7. The molecular weight excluding hydrogens is 380 g/mol. The highest BCUT2D eigenvalue weighted by Gasteiger charge is 2.13. The Balaban J connectivity index is 1.82. The highest BCUT2D eigenvalue weighted by molar-refractivity contribution is 7.89. The molecule has 0 aliphatic rings. The molecule has 1 N–H and O–H groups in total. The van der Waals surface area contributed by atoms with E-state index in [0.29, 0.717) is 5.02 Å². The van der Waals surface area contributed by atoms with Gasteiger partial charge in [-0.05, 0) is 22.9 Å². The molecule has 134 valence electrons. The number of hydrazone groups is 1. The molecule has 0 radical (unpaired) electrons. The van der Waals surface area contributed by atoms with Gasteiger partial charge in [0.2, 0.25) is 0 Å². The van der Waals surface area contributed by atoms with Crippen LogP contribution in [0.25, 0.3) is 21.5 Å². The number of halogens is 1. The molecule has 0 spiro atoms. The maximum absolute atomic E-state index is 12.4. The van der Waals surface area contributed by atoms with Gasteiger partial charge < -0.3 is 0 Å². The predicted molar refractivity (Wildman–Crippen MR) is 111 cm³/mol. The van der Waals surface area contributed by atoms with Crippen LogP contribution in [0.1, 0.15) is 5.56 Å². The van der Waals surface area contributed by atoms with Crippen molar-refractivity contribution < 1.29 is 8.42 Å². The highest BCUT2D eigenvalue weighted by Crippen LogP contribution is 2.35. The molecule has 27 heavy (non-hydrogen) atoms. The molecule has 0 amide bonds. The summed E-state index contributed by atoms with van der Waals surface area (Å²) in [6.07, 6.45) is 1.53. The molecule has 0 saturated carbocycles. The third kappa shape index (κ3) is 3.27. The Morgan fingerprint density at radius 2 is 1.22 bits per heavy atom. The molecule has 4 nitrogen and oxygen atoms in total. The Morgan fingerprint density at radius 3 is 1.78 bits per heavy atom. The first-order valence-corrected chi connectivity index (χ1v) is 10.1. The van der Waals surface area contributed by atoms with Crippen molar-refractivity contribution >= 4 is 49.4 Å². The van der Waals surface area contributed by atoms with Gasteiger partial charge in [-0.3, -0.25) is 0 Å². The maximum Gasteiger partial charge on any atom is 0.276 e. The summed E-state index contributed by atoms with van der Waals surface area (Å²) in [5, 5.41) is 8.28. The summed E-state index contributed by atoms with van der Waals surface area (Å²) < 4.78 is 24.7. The van der Waals surface area contributed by atoms with Gasteiger partial charge in [0.05, 0.1) is 16.1 Å². The maximum atomic E-state index is 12.4. The van der Waals surface area contributed by atoms with E-state index < -0.39 is 10.0 Å². The molecule has 0 bridgehead atoms. The first-order chi connectivity index (χ1) is 13.1. The van der Waals surface area contributed by atoms with Gasteiger partial charge in [-0.25, -0.2) is 4.83 Å². The minimum Gasteiger partial charge on any atom is -0.200 e. The molecule has 0 unspecified atom stereocenters. The normalized spacial score (nSPS) is 12.0. The van der Waals surface area contributed by atoms with Gasteiger partial charge in [0.15, 0.2) is 0 Å². The Hall–Kier alpha value is -2.89. The third-order valence-electron chi connectivity index (χ3n) is 4.33. The number of sulfonamides is 1. The molecule has 4 aromatic carbocycles. The Labute approximate surface area is 162 Å². The first kappa shape index (κ1) is 17.5. The Bertz CT molecular complexity index is 1210. The second-order valence-corrected chi connectivity index (χ2v) is 8.02. The number of nitrogens with zero attached hydrogens (tertiary/aromatic N) is 1. The third-order valence-corrected chi connectivity index (χ3v) is 5.97. The lowest BCUT2D eigenvalue weighted by molar-refractivity contribution is 0.584. The van der Waals surface area contributed by atoms with Crippen molar-refractivity contribution in [2.75, 3.05) is 0 Å². The fourth-order valence-corrected chi connectivity index (χ4v) is 4.20. The number of hydrogen-bond donors (Lipinski definition) is 1. The summed E-state index contributed by atoms with van der Waals surface area (Å²) in [5.74, 6) is 0. The smallest absolute Gasteiger partial charge is 0.200 e. The van der Waals surface area contributed by atoms with Crippen molar-refractivity contribution in [1.82, 2.24) is 4.83 Å².